The maximum atomic E-state index is 12.0. The summed E-state index contributed by atoms with van der Waals surface area (Å²) in [5.41, 5.74) is 0.782. The SMILES string of the molecule is O=C(CSc1nnc(-c2cccc(O)c2)o1)Nc1cccc([N+](=O)[O-])c1. The molecule has 2 aromatic carbocycles. The third-order valence-corrected chi connectivity index (χ3v) is 3.99. The van der Waals surface area contributed by atoms with E-state index in [1.54, 1.807) is 18.2 Å². The highest BCUT2D eigenvalue weighted by atomic mass is 32.2. The average molecular weight is 372 g/mol. The van der Waals surface area contributed by atoms with Crippen molar-refractivity contribution in [2.24, 2.45) is 0 Å². The second-order valence-electron chi connectivity index (χ2n) is 5.07. The molecule has 9 nitrogen and oxygen atoms in total. The van der Waals surface area contributed by atoms with E-state index < -0.39 is 4.92 Å². The molecule has 3 rings (SSSR count). The van der Waals surface area contributed by atoms with Gasteiger partial charge in [0, 0.05) is 23.4 Å². The zero-order valence-corrected chi connectivity index (χ0v) is 14.0. The standard InChI is InChI=1S/C16H12N4O5S/c21-13-6-1-3-10(7-13)15-18-19-16(25-15)26-9-14(22)17-11-4-2-5-12(8-11)20(23)24/h1-8,21H,9H2,(H,17,22). The van der Waals surface area contributed by atoms with Gasteiger partial charge in [0.1, 0.15) is 5.75 Å². The van der Waals surface area contributed by atoms with Gasteiger partial charge in [0.2, 0.25) is 11.8 Å². The number of aromatic nitrogens is 2. The predicted octanol–water partition coefficient (Wildman–Crippen LogP) is 3.08. The average Bonchev–Trinajstić information content (AvgIpc) is 3.09. The molecule has 132 valence electrons. The summed E-state index contributed by atoms with van der Waals surface area (Å²) in [5.74, 6) is -0.0778. The van der Waals surface area contributed by atoms with Crippen LogP contribution in [0.25, 0.3) is 11.5 Å². The number of phenols is 1. The van der Waals surface area contributed by atoms with E-state index in [2.05, 4.69) is 15.5 Å². The zero-order valence-electron chi connectivity index (χ0n) is 13.2. The minimum atomic E-state index is -0.536. The van der Waals surface area contributed by atoms with Crippen molar-refractivity contribution < 1.29 is 19.2 Å². The molecule has 0 atom stereocenters. The summed E-state index contributed by atoms with van der Waals surface area (Å²) in [5, 5.41) is 30.7. The van der Waals surface area contributed by atoms with E-state index in [4.69, 9.17) is 4.42 Å². The second kappa shape index (κ2) is 7.66. The zero-order chi connectivity index (χ0) is 18.5. The number of nitrogens with one attached hydrogen (secondary N) is 1. The molecule has 0 aliphatic heterocycles. The number of carbonyl (C=O) groups is 1. The fourth-order valence-electron chi connectivity index (χ4n) is 2.05. The number of hydrogen-bond donors (Lipinski definition) is 2. The molecular weight excluding hydrogens is 360 g/mol. The third kappa shape index (κ3) is 4.36. The molecule has 0 spiro atoms. The topological polar surface area (TPSA) is 131 Å². The summed E-state index contributed by atoms with van der Waals surface area (Å²) in [6.07, 6.45) is 0. The first-order valence-corrected chi connectivity index (χ1v) is 8.30. The van der Waals surface area contributed by atoms with E-state index in [1.807, 2.05) is 0 Å². The van der Waals surface area contributed by atoms with E-state index in [1.165, 1.54) is 30.3 Å². The van der Waals surface area contributed by atoms with E-state index in [0.717, 1.165) is 11.8 Å². The van der Waals surface area contributed by atoms with Crippen molar-refractivity contribution >= 4 is 29.0 Å². The minimum Gasteiger partial charge on any atom is -0.508 e. The lowest BCUT2D eigenvalue weighted by Gasteiger charge is -2.03. The lowest BCUT2D eigenvalue weighted by Crippen LogP contribution is -2.14. The van der Waals surface area contributed by atoms with Crippen LogP contribution in [0.2, 0.25) is 0 Å². The van der Waals surface area contributed by atoms with Crippen molar-refractivity contribution in [3.05, 3.63) is 58.6 Å². The Labute approximate surface area is 151 Å². The molecule has 26 heavy (non-hydrogen) atoms. The fourth-order valence-corrected chi connectivity index (χ4v) is 2.61. The second-order valence-corrected chi connectivity index (χ2v) is 5.99. The van der Waals surface area contributed by atoms with Gasteiger partial charge in [0.05, 0.1) is 10.7 Å². The van der Waals surface area contributed by atoms with Crippen molar-refractivity contribution in [3.8, 4) is 17.2 Å². The summed E-state index contributed by atoms with van der Waals surface area (Å²) in [6, 6.07) is 12.0. The van der Waals surface area contributed by atoms with Crippen LogP contribution in [0.3, 0.4) is 0 Å². The van der Waals surface area contributed by atoms with Gasteiger partial charge in [-0.25, -0.2) is 0 Å². The monoisotopic (exact) mass is 372 g/mol. The molecule has 0 saturated heterocycles. The van der Waals surface area contributed by atoms with Crippen LogP contribution in [0.15, 0.2) is 58.2 Å². The molecule has 1 heterocycles. The molecule has 3 aromatic rings. The number of benzene rings is 2. The predicted molar refractivity (Wildman–Crippen MR) is 93.8 cm³/mol. The Morgan fingerprint density at radius 2 is 2.04 bits per heavy atom. The van der Waals surface area contributed by atoms with Crippen LogP contribution in [0.1, 0.15) is 0 Å². The molecule has 0 unspecified atom stereocenters. The van der Waals surface area contributed by atoms with Gasteiger partial charge in [-0.15, -0.1) is 10.2 Å². The highest BCUT2D eigenvalue weighted by Gasteiger charge is 2.13. The lowest BCUT2D eigenvalue weighted by atomic mass is 10.2. The number of nitro groups is 1. The molecule has 0 aliphatic carbocycles. The van der Waals surface area contributed by atoms with Gasteiger partial charge in [-0.1, -0.05) is 23.9 Å². The minimum absolute atomic E-state index is 0.00956. The number of anilines is 1. The Bertz CT molecular complexity index is 959. The molecule has 0 radical (unpaired) electrons. The van der Waals surface area contributed by atoms with Crippen LogP contribution in [0.4, 0.5) is 11.4 Å². The summed E-state index contributed by atoms with van der Waals surface area (Å²) < 4.78 is 5.44. The van der Waals surface area contributed by atoms with E-state index in [-0.39, 0.29) is 34.2 Å². The first-order chi connectivity index (χ1) is 12.5. The molecule has 2 N–H and O–H groups in total. The third-order valence-electron chi connectivity index (χ3n) is 3.17. The quantitative estimate of drug-likeness (QED) is 0.383. The molecule has 10 heteroatoms. The number of rotatable bonds is 6. The van der Waals surface area contributed by atoms with Crippen LogP contribution in [-0.2, 0) is 4.79 Å². The summed E-state index contributed by atoms with van der Waals surface area (Å²) in [7, 11) is 0. The number of amides is 1. The molecule has 1 aromatic heterocycles. The van der Waals surface area contributed by atoms with Gasteiger partial charge >= 0.3 is 0 Å². The van der Waals surface area contributed by atoms with Crippen molar-refractivity contribution in [1.82, 2.24) is 10.2 Å². The van der Waals surface area contributed by atoms with Gasteiger partial charge in [0.25, 0.3) is 10.9 Å². The highest BCUT2D eigenvalue weighted by Crippen LogP contribution is 2.25. The van der Waals surface area contributed by atoms with Crippen molar-refractivity contribution in [2.75, 3.05) is 11.1 Å². The smallest absolute Gasteiger partial charge is 0.277 e. The molecular formula is C16H12N4O5S. The summed E-state index contributed by atoms with van der Waals surface area (Å²) in [4.78, 5) is 22.2. The van der Waals surface area contributed by atoms with Gasteiger partial charge in [-0.3, -0.25) is 14.9 Å². The largest absolute Gasteiger partial charge is 0.508 e. The first-order valence-electron chi connectivity index (χ1n) is 7.31. The Morgan fingerprint density at radius 1 is 1.23 bits per heavy atom. The van der Waals surface area contributed by atoms with Gasteiger partial charge in [-0.2, -0.15) is 0 Å². The molecule has 0 saturated carbocycles. The highest BCUT2D eigenvalue weighted by molar-refractivity contribution is 7.99. The van der Waals surface area contributed by atoms with Crippen LogP contribution in [0, 0.1) is 10.1 Å². The van der Waals surface area contributed by atoms with Gasteiger partial charge in [-0.05, 0) is 24.3 Å². The Kier molecular flexibility index (Phi) is 5.13. The van der Waals surface area contributed by atoms with Crippen molar-refractivity contribution in [2.45, 2.75) is 5.22 Å². The Morgan fingerprint density at radius 3 is 2.81 bits per heavy atom. The maximum Gasteiger partial charge on any atom is 0.277 e. The number of nitrogens with zero attached hydrogens (tertiary/aromatic N) is 3. The molecule has 1 amide bonds. The molecule has 0 fully saturated rings. The number of carbonyl (C=O) groups excluding carboxylic acids is 1. The van der Waals surface area contributed by atoms with E-state index >= 15 is 0 Å². The number of phenolic OH excluding ortho intramolecular Hbond substituents is 1. The lowest BCUT2D eigenvalue weighted by molar-refractivity contribution is -0.384. The van der Waals surface area contributed by atoms with Crippen molar-refractivity contribution in [3.63, 3.8) is 0 Å². The summed E-state index contributed by atoms with van der Waals surface area (Å²) in [6.45, 7) is 0. The van der Waals surface area contributed by atoms with Crippen LogP contribution in [-0.4, -0.2) is 31.9 Å². The van der Waals surface area contributed by atoms with Crippen LogP contribution < -0.4 is 5.32 Å². The normalized spacial score (nSPS) is 10.5. The maximum absolute atomic E-state index is 12.0. The van der Waals surface area contributed by atoms with E-state index in [9.17, 15) is 20.0 Å². The number of hydrogen-bond acceptors (Lipinski definition) is 8. The van der Waals surface area contributed by atoms with Crippen LogP contribution in [0.5, 0.6) is 5.75 Å². The Hall–Kier alpha value is -3.40. The number of aromatic hydroxyl groups is 1. The number of nitro benzene ring substituents is 1. The van der Waals surface area contributed by atoms with Gasteiger partial charge in [0.15, 0.2) is 0 Å². The molecule has 0 bridgehead atoms. The molecule has 0 aliphatic rings. The van der Waals surface area contributed by atoms with Crippen molar-refractivity contribution in [1.29, 1.82) is 0 Å². The van der Waals surface area contributed by atoms with Gasteiger partial charge < -0.3 is 14.8 Å². The number of thioether (sulfide) groups is 1. The summed E-state index contributed by atoms with van der Waals surface area (Å²) >= 11 is 1.03. The number of non-ortho nitro benzene ring substituents is 1. The first kappa shape index (κ1) is 17.4. The van der Waals surface area contributed by atoms with Crippen LogP contribution >= 0.6 is 11.8 Å². The fraction of sp³-hybridized carbons (Fsp3) is 0.0625. The Balaban J connectivity index is 1.58. The van der Waals surface area contributed by atoms with E-state index in [0.29, 0.717) is 11.3 Å².